The first-order valence-electron chi connectivity index (χ1n) is 7.51. The van der Waals surface area contributed by atoms with E-state index in [1.807, 2.05) is 0 Å². The summed E-state index contributed by atoms with van der Waals surface area (Å²) in [4.78, 5) is 0. The summed E-state index contributed by atoms with van der Waals surface area (Å²) in [7, 11) is 0. The van der Waals surface area contributed by atoms with Crippen molar-refractivity contribution in [3.05, 3.63) is 23.8 Å². The Morgan fingerprint density at radius 1 is 1.23 bits per heavy atom. The van der Waals surface area contributed by atoms with Gasteiger partial charge in [0.25, 0.3) is 0 Å². The summed E-state index contributed by atoms with van der Waals surface area (Å²) in [6.07, 6.45) is 0.862. The van der Waals surface area contributed by atoms with E-state index in [4.69, 9.17) is 4.74 Å². The van der Waals surface area contributed by atoms with E-state index in [-0.39, 0.29) is 18.4 Å². The summed E-state index contributed by atoms with van der Waals surface area (Å²) in [5.41, 5.74) is 0.882. The zero-order valence-electron chi connectivity index (χ0n) is 13.3. The summed E-state index contributed by atoms with van der Waals surface area (Å²) in [5, 5.41) is 12.6. The third-order valence-electron chi connectivity index (χ3n) is 3.10. The molecule has 0 heterocycles. The number of ether oxygens (including phenoxy) is 2. The normalized spacial score (nSPS) is 12.7. The van der Waals surface area contributed by atoms with Gasteiger partial charge in [-0.1, -0.05) is 19.9 Å². The molecule has 1 aromatic carbocycles. The highest BCUT2D eigenvalue weighted by atomic mass is 19.3. The number of halogens is 2. The Hall–Kier alpha value is -1.40. The molecule has 0 aliphatic carbocycles. The van der Waals surface area contributed by atoms with E-state index >= 15 is 0 Å². The predicted octanol–water partition coefficient (Wildman–Crippen LogP) is 3.18. The Morgan fingerprint density at radius 3 is 2.50 bits per heavy atom. The van der Waals surface area contributed by atoms with Gasteiger partial charge in [-0.25, -0.2) is 0 Å². The molecule has 22 heavy (non-hydrogen) atoms. The van der Waals surface area contributed by atoms with Gasteiger partial charge < -0.3 is 19.9 Å². The predicted molar refractivity (Wildman–Crippen MR) is 81.4 cm³/mol. The summed E-state index contributed by atoms with van der Waals surface area (Å²) in [6, 6.07) is 4.87. The second-order valence-corrected chi connectivity index (χ2v) is 5.48. The average molecular weight is 317 g/mol. The maximum absolute atomic E-state index is 12.3. The molecule has 0 aromatic heterocycles. The van der Waals surface area contributed by atoms with Crippen LogP contribution in [0, 0.1) is 5.92 Å². The van der Waals surface area contributed by atoms with Gasteiger partial charge in [-0.05, 0) is 37.0 Å². The minimum Gasteiger partial charge on any atom is -0.490 e. The Bertz CT molecular complexity index is 441. The second-order valence-electron chi connectivity index (χ2n) is 5.48. The maximum atomic E-state index is 12.3. The Kier molecular flexibility index (Phi) is 8.12. The largest absolute Gasteiger partial charge is 0.490 e. The highest BCUT2D eigenvalue weighted by Crippen LogP contribution is 2.29. The van der Waals surface area contributed by atoms with Gasteiger partial charge in [-0.15, -0.1) is 0 Å². The van der Waals surface area contributed by atoms with Crippen molar-refractivity contribution in [2.24, 2.45) is 5.92 Å². The summed E-state index contributed by atoms with van der Waals surface area (Å²) < 4.78 is 34.5. The molecule has 0 aliphatic rings. The fourth-order valence-corrected chi connectivity index (χ4v) is 2.18. The van der Waals surface area contributed by atoms with Crippen LogP contribution in [0.2, 0.25) is 0 Å². The van der Waals surface area contributed by atoms with Gasteiger partial charge in [0.15, 0.2) is 11.5 Å². The van der Waals surface area contributed by atoms with Crippen LogP contribution in [0.5, 0.6) is 11.5 Å². The first kappa shape index (κ1) is 18.6. The topological polar surface area (TPSA) is 50.7 Å². The number of rotatable bonds is 10. The van der Waals surface area contributed by atoms with Crippen LogP contribution in [0.25, 0.3) is 0 Å². The second kappa shape index (κ2) is 9.58. The highest BCUT2D eigenvalue weighted by Gasteiger charge is 2.13. The number of aliphatic hydroxyl groups is 1. The molecule has 0 bridgehead atoms. The Morgan fingerprint density at radius 2 is 1.95 bits per heavy atom. The van der Waals surface area contributed by atoms with Gasteiger partial charge >= 0.3 is 6.61 Å². The van der Waals surface area contributed by atoms with Gasteiger partial charge in [0, 0.05) is 12.6 Å². The molecule has 6 heteroatoms. The molecule has 2 N–H and O–H groups in total. The highest BCUT2D eigenvalue weighted by molar-refractivity contribution is 5.43. The lowest BCUT2D eigenvalue weighted by Gasteiger charge is -2.19. The zero-order valence-corrected chi connectivity index (χ0v) is 13.3. The quantitative estimate of drug-likeness (QED) is 0.696. The van der Waals surface area contributed by atoms with Gasteiger partial charge in [0.05, 0.1) is 13.2 Å². The van der Waals surface area contributed by atoms with Crippen LogP contribution in [0.4, 0.5) is 8.78 Å². The molecule has 0 fully saturated rings. The molecule has 0 aliphatic heterocycles. The van der Waals surface area contributed by atoms with E-state index in [9.17, 15) is 13.9 Å². The monoisotopic (exact) mass is 317 g/mol. The number of hydrogen-bond donors (Lipinski definition) is 2. The molecule has 0 saturated heterocycles. The lowest BCUT2D eigenvalue weighted by atomic mass is 10.0. The summed E-state index contributed by atoms with van der Waals surface area (Å²) in [5.74, 6) is 0.804. The van der Waals surface area contributed by atoms with Crippen LogP contribution < -0.4 is 14.8 Å². The average Bonchev–Trinajstić information content (AvgIpc) is 2.45. The van der Waals surface area contributed by atoms with Gasteiger partial charge in [0.2, 0.25) is 0 Å². The summed E-state index contributed by atoms with van der Waals surface area (Å²) >= 11 is 0. The smallest absolute Gasteiger partial charge is 0.387 e. The van der Waals surface area contributed by atoms with E-state index in [1.165, 1.54) is 6.07 Å². The van der Waals surface area contributed by atoms with Crippen molar-refractivity contribution in [3.63, 3.8) is 0 Å². The van der Waals surface area contributed by atoms with E-state index < -0.39 is 6.61 Å². The SMILES string of the molecule is CCOc1cc(CNC(CO)CC(C)C)ccc1OC(F)F. The molecule has 0 amide bonds. The molecule has 1 unspecified atom stereocenters. The van der Waals surface area contributed by atoms with E-state index in [2.05, 4.69) is 23.9 Å². The molecule has 0 radical (unpaired) electrons. The summed E-state index contributed by atoms with van der Waals surface area (Å²) in [6.45, 7) is 4.02. The van der Waals surface area contributed by atoms with Crippen molar-refractivity contribution >= 4 is 0 Å². The van der Waals surface area contributed by atoms with E-state index in [0.717, 1.165) is 12.0 Å². The molecular formula is C16H25F2NO3. The van der Waals surface area contributed by atoms with Crippen LogP contribution in [-0.4, -0.2) is 31.0 Å². The third-order valence-corrected chi connectivity index (χ3v) is 3.10. The van der Waals surface area contributed by atoms with Crippen LogP contribution in [0.1, 0.15) is 32.8 Å². The van der Waals surface area contributed by atoms with Crippen LogP contribution in [-0.2, 0) is 6.54 Å². The van der Waals surface area contributed by atoms with Crippen molar-refractivity contribution in [2.75, 3.05) is 13.2 Å². The van der Waals surface area contributed by atoms with E-state index in [1.54, 1.807) is 19.1 Å². The molecular weight excluding hydrogens is 292 g/mol. The van der Waals surface area contributed by atoms with Gasteiger partial charge in [-0.3, -0.25) is 0 Å². The number of hydrogen-bond acceptors (Lipinski definition) is 4. The number of alkyl halides is 2. The lowest BCUT2D eigenvalue weighted by molar-refractivity contribution is -0.0514. The minimum atomic E-state index is -2.88. The van der Waals surface area contributed by atoms with Crippen molar-refractivity contribution in [1.29, 1.82) is 0 Å². The van der Waals surface area contributed by atoms with Crippen molar-refractivity contribution in [2.45, 2.75) is 46.4 Å². The standard InChI is InChI=1S/C16H25F2NO3/c1-4-21-15-8-12(5-6-14(15)22-16(17)18)9-19-13(10-20)7-11(2)3/h5-6,8,11,13,16,19-20H,4,7,9-10H2,1-3H3. The van der Waals surface area contributed by atoms with Crippen LogP contribution in [0.3, 0.4) is 0 Å². The first-order valence-corrected chi connectivity index (χ1v) is 7.51. The minimum absolute atomic E-state index is 0.00698. The number of nitrogens with one attached hydrogen (secondary N) is 1. The molecule has 126 valence electrons. The Balaban J connectivity index is 2.72. The van der Waals surface area contributed by atoms with Crippen LogP contribution in [0.15, 0.2) is 18.2 Å². The number of benzene rings is 1. The van der Waals surface area contributed by atoms with Crippen molar-refractivity contribution in [3.8, 4) is 11.5 Å². The molecule has 0 spiro atoms. The molecule has 1 aromatic rings. The van der Waals surface area contributed by atoms with Crippen LogP contribution >= 0.6 is 0 Å². The molecule has 1 atom stereocenters. The molecule has 1 rings (SSSR count). The molecule has 4 nitrogen and oxygen atoms in total. The van der Waals surface area contributed by atoms with Crippen molar-refractivity contribution in [1.82, 2.24) is 5.32 Å². The maximum Gasteiger partial charge on any atom is 0.387 e. The number of aliphatic hydroxyl groups excluding tert-OH is 1. The lowest BCUT2D eigenvalue weighted by Crippen LogP contribution is -2.33. The zero-order chi connectivity index (χ0) is 16.5. The van der Waals surface area contributed by atoms with Gasteiger partial charge in [-0.2, -0.15) is 8.78 Å². The first-order chi connectivity index (χ1) is 10.5. The fraction of sp³-hybridized carbons (Fsp3) is 0.625. The molecule has 0 saturated carbocycles. The van der Waals surface area contributed by atoms with Crippen molar-refractivity contribution < 1.29 is 23.4 Å². The van der Waals surface area contributed by atoms with Gasteiger partial charge in [0.1, 0.15) is 0 Å². The third kappa shape index (κ3) is 6.58. The fourth-order valence-electron chi connectivity index (χ4n) is 2.18. The van der Waals surface area contributed by atoms with E-state index in [0.29, 0.717) is 24.8 Å². The Labute approximate surface area is 130 Å².